The summed E-state index contributed by atoms with van der Waals surface area (Å²) < 4.78 is 2.06. The van der Waals surface area contributed by atoms with E-state index in [0.29, 0.717) is 6.04 Å². The van der Waals surface area contributed by atoms with Crippen molar-refractivity contribution in [1.82, 2.24) is 25.0 Å². The Balaban J connectivity index is 2.00. The molecule has 0 saturated carbocycles. The van der Waals surface area contributed by atoms with E-state index in [0.717, 1.165) is 30.6 Å². The number of hydrogen-bond acceptors (Lipinski definition) is 3. The Morgan fingerprint density at radius 2 is 2.33 bits per heavy atom. The second kappa shape index (κ2) is 4.14. The number of rotatable bonds is 1. The van der Waals surface area contributed by atoms with Gasteiger partial charge in [-0.15, -0.1) is 10.2 Å². The predicted octanol–water partition coefficient (Wildman–Crippen LogP) is 0.377. The van der Waals surface area contributed by atoms with Gasteiger partial charge in [-0.2, -0.15) is 0 Å². The Kier molecular flexibility index (Phi) is 2.86. The largest absolute Gasteiger partial charge is 0.360 e. The molecule has 82 valence electrons. The smallest absolute Gasteiger partial charge is 0.169 e. The summed E-state index contributed by atoms with van der Waals surface area (Å²) in [7, 11) is 0. The van der Waals surface area contributed by atoms with Crippen LogP contribution in [0.15, 0.2) is 6.33 Å². The van der Waals surface area contributed by atoms with Crippen molar-refractivity contribution in [2.24, 2.45) is 0 Å². The average Bonchev–Trinajstić information content (AvgIpc) is 2.62. The quantitative estimate of drug-likeness (QED) is 0.700. The van der Waals surface area contributed by atoms with Gasteiger partial charge in [0.25, 0.3) is 0 Å². The van der Waals surface area contributed by atoms with Crippen molar-refractivity contribution < 1.29 is 0 Å². The predicted molar refractivity (Wildman–Crippen MR) is 61.3 cm³/mol. The van der Waals surface area contributed by atoms with Gasteiger partial charge in [0.05, 0.1) is 6.54 Å². The highest BCUT2D eigenvalue weighted by Crippen LogP contribution is 2.09. The minimum atomic E-state index is 0.372. The Labute approximate surface area is 94.5 Å². The molecular weight excluding hydrogens is 210 g/mol. The van der Waals surface area contributed by atoms with Crippen LogP contribution in [0.2, 0.25) is 0 Å². The zero-order valence-electron chi connectivity index (χ0n) is 8.97. The molecule has 0 aromatic carbocycles. The first-order valence-electron chi connectivity index (χ1n) is 5.09. The van der Waals surface area contributed by atoms with Crippen LogP contribution in [0.5, 0.6) is 0 Å². The number of thiocarbonyl (C=S) groups is 1. The monoisotopic (exact) mass is 225 g/mol. The van der Waals surface area contributed by atoms with Crippen LogP contribution in [0.1, 0.15) is 19.7 Å². The number of nitrogens with one attached hydrogen (secondary N) is 1. The molecule has 2 heterocycles. The molecule has 15 heavy (non-hydrogen) atoms. The molecule has 2 rings (SSSR count). The van der Waals surface area contributed by atoms with Gasteiger partial charge in [-0.05, 0) is 26.1 Å². The van der Waals surface area contributed by atoms with E-state index in [1.54, 1.807) is 6.33 Å². The Morgan fingerprint density at radius 3 is 3.07 bits per heavy atom. The fourth-order valence-corrected chi connectivity index (χ4v) is 1.97. The van der Waals surface area contributed by atoms with Crippen molar-refractivity contribution in [3.05, 3.63) is 12.2 Å². The highest BCUT2D eigenvalue weighted by Gasteiger charge is 2.19. The average molecular weight is 225 g/mol. The van der Waals surface area contributed by atoms with Crippen molar-refractivity contribution >= 4 is 17.3 Å². The standard InChI is InChI=1S/C9H15N5S/c1-7(2)11-9(15)13-3-4-14-6-10-12-8(14)5-13/h6-7H,3-5H2,1-2H3,(H,11,15). The first-order valence-corrected chi connectivity index (χ1v) is 5.50. The second-order valence-electron chi connectivity index (χ2n) is 3.97. The molecule has 0 radical (unpaired) electrons. The van der Waals surface area contributed by atoms with Crippen molar-refractivity contribution in [1.29, 1.82) is 0 Å². The topological polar surface area (TPSA) is 46.0 Å². The van der Waals surface area contributed by atoms with E-state index in [1.165, 1.54) is 0 Å². The minimum Gasteiger partial charge on any atom is -0.360 e. The number of hydrogen-bond donors (Lipinski definition) is 1. The highest BCUT2D eigenvalue weighted by molar-refractivity contribution is 7.80. The molecule has 6 heteroatoms. The number of aromatic nitrogens is 3. The molecule has 0 bridgehead atoms. The molecule has 5 nitrogen and oxygen atoms in total. The first kappa shape index (κ1) is 10.4. The maximum atomic E-state index is 5.31. The lowest BCUT2D eigenvalue weighted by Crippen LogP contribution is -2.46. The van der Waals surface area contributed by atoms with E-state index < -0.39 is 0 Å². The van der Waals surface area contributed by atoms with Crippen molar-refractivity contribution in [3.8, 4) is 0 Å². The SMILES string of the molecule is CC(C)NC(=S)N1CCn2cnnc2C1. The van der Waals surface area contributed by atoms with Crippen LogP contribution in [0, 0.1) is 0 Å². The van der Waals surface area contributed by atoms with Crippen LogP contribution in [0.3, 0.4) is 0 Å². The summed E-state index contributed by atoms with van der Waals surface area (Å²) in [5.41, 5.74) is 0. The zero-order valence-corrected chi connectivity index (χ0v) is 9.79. The van der Waals surface area contributed by atoms with Gasteiger partial charge in [0.15, 0.2) is 10.9 Å². The Morgan fingerprint density at radius 1 is 1.53 bits per heavy atom. The maximum Gasteiger partial charge on any atom is 0.169 e. The third kappa shape index (κ3) is 2.26. The molecule has 0 fully saturated rings. The van der Waals surface area contributed by atoms with Crippen LogP contribution >= 0.6 is 12.2 Å². The molecule has 1 aromatic rings. The number of nitrogens with zero attached hydrogens (tertiary/aromatic N) is 4. The van der Waals surface area contributed by atoms with E-state index >= 15 is 0 Å². The van der Waals surface area contributed by atoms with Gasteiger partial charge in [0.2, 0.25) is 0 Å². The molecule has 1 aliphatic rings. The molecular formula is C9H15N5S. The van der Waals surface area contributed by atoms with Crippen LogP contribution in [-0.4, -0.2) is 37.4 Å². The molecule has 1 N–H and O–H groups in total. The fourth-order valence-electron chi connectivity index (χ4n) is 1.58. The molecule has 0 saturated heterocycles. The highest BCUT2D eigenvalue weighted by atomic mass is 32.1. The van der Waals surface area contributed by atoms with Crippen LogP contribution in [-0.2, 0) is 13.1 Å². The summed E-state index contributed by atoms with van der Waals surface area (Å²) in [5.74, 6) is 0.981. The van der Waals surface area contributed by atoms with Gasteiger partial charge in [-0.1, -0.05) is 0 Å². The van der Waals surface area contributed by atoms with Gasteiger partial charge in [-0.3, -0.25) is 0 Å². The summed E-state index contributed by atoms with van der Waals surface area (Å²) in [4.78, 5) is 2.12. The second-order valence-corrected chi connectivity index (χ2v) is 4.35. The Bertz CT molecular complexity index is 359. The summed E-state index contributed by atoms with van der Waals surface area (Å²) in [6, 6.07) is 0.372. The minimum absolute atomic E-state index is 0.372. The van der Waals surface area contributed by atoms with E-state index in [1.807, 2.05) is 0 Å². The van der Waals surface area contributed by atoms with Crippen LogP contribution in [0.4, 0.5) is 0 Å². The van der Waals surface area contributed by atoms with E-state index in [9.17, 15) is 0 Å². The molecule has 0 unspecified atom stereocenters. The molecule has 0 atom stereocenters. The van der Waals surface area contributed by atoms with E-state index in [2.05, 4.69) is 38.8 Å². The molecule has 0 spiro atoms. The third-order valence-corrected chi connectivity index (χ3v) is 2.71. The van der Waals surface area contributed by atoms with Gasteiger partial charge in [0.1, 0.15) is 6.33 Å². The lowest BCUT2D eigenvalue weighted by atomic mass is 10.3. The van der Waals surface area contributed by atoms with Gasteiger partial charge in [0, 0.05) is 19.1 Å². The Hall–Kier alpha value is -1.17. The summed E-state index contributed by atoms with van der Waals surface area (Å²) in [5, 5.41) is 12.0. The molecule has 0 amide bonds. The summed E-state index contributed by atoms with van der Waals surface area (Å²) in [6.07, 6.45) is 1.77. The van der Waals surface area contributed by atoms with Crippen molar-refractivity contribution in [2.45, 2.75) is 33.0 Å². The van der Waals surface area contributed by atoms with Crippen LogP contribution < -0.4 is 5.32 Å². The lowest BCUT2D eigenvalue weighted by molar-refractivity contribution is 0.323. The maximum absolute atomic E-state index is 5.31. The summed E-state index contributed by atoms with van der Waals surface area (Å²) in [6.45, 7) is 6.74. The van der Waals surface area contributed by atoms with Gasteiger partial charge < -0.3 is 14.8 Å². The first-order chi connectivity index (χ1) is 7.16. The van der Waals surface area contributed by atoms with Crippen LogP contribution in [0.25, 0.3) is 0 Å². The van der Waals surface area contributed by atoms with Gasteiger partial charge in [-0.25, -0.2) is 0 Å². The van der Waals surface area contributed by atoms with E-state index in [-0.39, 0.29) is 0 Å². The molecule has 1 aromatic heterocycles. The normalized spacial score (nSPS) is 15.3. The number of fused-ring (bicyclic) bond motifs is 1. The molecule has 0 aliphatic carbocycles. The lowest BCUT2D eigenvalue weighted by Gasteiger charge is -2.30. The van der Waals surface area contributed by atoms with Crippen molar-refractivity contribution in [2.75, 3.05) is 6.54 Å². The van der Waals surface area contributed by atoms with E-state index in [4.69, 9.17) is 12.2 Å². The van der Waals surface area contributed by atoms with Crippen molar-refractivity contribution in [3.63, 3.8) is 0 Å². The summed E-state index contributed by atoms with van der Waals surface area (Å²) >= 11 is 5.31. The zero-order chi connectivity index (χ0) is 10.8. The van der Waals surface area contributed by atoms with Gasteiger partial charge >= 0.3 is 0 Å². The fraction of sp³-hybridized carbons (Fsp3) is 0.667. The molecule has 1 aliphatic heterocycles. The third-order valence-electron chi connectivity index (χ3n) is 2.34.